The Labute approximate surface area is 122 Å². The Morgan fingerprint density at radius 2 is 2.14 bits per heavy atom. The molecule has 0 saturated carbocycles. The van der Waals surface area contributed by atoms with E-state index < -0.39 is 5.97 Å². The summed E-state index contributed by atoms with van der Waals surface area (Å²) in [5.41, 5.74) is 1.14. The van der Waals surface area contributed by atoms with Crippen molar-refractivity contribution in [3.05, 3.63) is 47.3 Å². The van der Waals surface area contributed by atoms with Gasteiger partial charge in [0.1, 0.15) is 12.4 Å². The van der Waals surface area contributed by atoms with Gasteiger partial charge in [0.2, 0.25) is 0 Å². The molecule has 6 nitrogen and oxygen atoms in total. The molecular formula is C15H17NO5. The topological polar surface area (TPSA) is 70.8 Å². The lowest BCUT2D eigenvalue weighted by molar-refractivity contribution is 0.0513. The summed E-state index contributed by atoms with van der Waals surface area (Å²) >= 11 is 0. The van der Waals surface area contributed by atoms with Gasteiger partial charge in [-0.1, -0.05) is 17.3 Å². The second-order valence-corrected chi connectivity index (χ2v) is 4.24. The summed E-state index contributed by atoms with van der Waals surface area (Å²) in [6, 6.07) is 9.11. The quantitative estimate of drug-likeness (QED) is 0.730. The van der Waals surface area contributed by atoms with E-state index in [9.17, 15) is 4.79 Å². The molecule has 0 spiro atoms. The predicted octanol–water partition coefficient (Wildman–Crippen LogP) is 2.58. The highest BCUT2D eigenvalue weighted by Crippen LogP contribution is 2.14. The summed E-state index contributed by atoms with van der Waals surface area (Å²) in [5.74, 6) is 0.751. The molecule has 1 aromatic carbocycles. The Bertz CT molecular complexity index is 593. The van der Waals surface area contributed by atoms with Gasteiger partial charge in [-0.3, -0.25) is 0 Å². The Morgan fingerprint density at radius 1 is 1.29 bits per heavy atom. The number of benzene rings is 1. The third-order valence-electron chi connectivity index (χ3n) is 2.69. The van der Waals surface area contributed by atoms with Crippen molar-refractivity contribution >= 4 is 5.97 Å². The minimum absolute atomic E-state index is 0.150. The third kappa shape index (κ3) is 4.32. The standard InChI is InChI=1S/C15H17NO5/c1-3-20-15(17)14-8-13(21-16-14)10-19-9-11-5-4-6-12(7-11)18-2/h4-8H,3,9-10H2,1-2H3. The number of rotatable bonds is 7. The van der Waals surface area contributed by atoms with E-state index in [4.69, 9.17) is 18.7 Å². The van der Waals surface area contributed by atoms with Gasteiger partial charge in [-0.25, -0.2) is 4.79 Å². The maximum Gasteiger partial charge on any atom is 0.360 e. The second kappa shape index (κ2) is 7.44. The summed E-state index contributed by atoms with van der Waals surface area (Å²) in [7, 11) is 1.62. The van der Waals surface area contributed by atoms with E-state index in [0.717, 1.165) is 11.3 Å². The van der Waals surface area contributed by atoms with Crippen LogP contribution in [0, 0.1) is 0 Å². The normalized spacial score (nSPS) is 10.4. The largest absolute Gasteiger partial charge is 0.497 e. The lowest BCUT2D eigenvalue weighted by Crippen LogP contribution is -2.04. The van der Waals surface area contributed by atoms with Crippen molar-refractivity contribution < 1.29 is 23.5 Å². The molecule has 0 aliphatic heterocycles. The van der Waals surface area contributed by atoms with Gasteiger partial charge in [-0.05, 0) is 24.6 Å². The fourth-order valence-electron chi connectivity index (χ4n) is 1.71. The monoisotopic (exact) mass is 291 g/mol. The van der Waals surface area contributed by atoms with Crippen molar-refractivity contribution in [3.8, 4) is 5.75 Å². The van der Waals surface area contributed by atoms with Crippen LogP contribution >= 0.6 is 0 Å². The second-order valence-electron chi connectivity index (χ2n) is 4.24. The molecule has 0 amide bonds. The smallest absolute Gasteiger partial charge is 0.360 e. The molecule has 0 unspecified atom stereocenters. The van der Waals surface area contributed by atoms with Crippen molar-refractivity contribution in [3.63, 3.8) is 0 Å². The zero-order valence-corrected chi connectivity index (χ0v) is 12.0. The number of carbonyl (C=O) groups excluding carboxylic acids is 1. The van der Waals surface area contributed by atoms with Gasteiger partial charge >= 0.3 is 5.97 Å². The van der Waals surface area contributed by atoms with Crippen LogP contribution in [-0.4, -0.2) is 24.8 Å². The molecule has 6 heteroatoms. The zero-order chi connectivity index (χ0) is 15.1. The minimum Gasteiger partial charge on any atom is -0.497 e. The molecule has 21 heavy (non-hydrogen) atoms. The van der Waals surface area contributed by atoms with E-state index in [2.05, 4.69) is 5.16 Å². The number of aromatic nitrogens is 1. The molecule has 112 valence electrons. The highest BCUT2D eigenvalue weighted by molar-refractivity contribution is 5.87. The lowest BCUT2D eigenvalue weighted by atomic mass is 10.2. The number of esters is 1. The molecule has 0 saturated heterocycles. The Kier molecular flexibility index (Phi) is 5.34. The van der Waals surface area contributed by atoms with Crippen molar-refractivity contribution in [1.29, 1.82) is 0 Å². The molecular weight excluding hydrogens is 274 g/mol. The summed E-state index contributed by atoms with van der Waals surface area (Å²) < 4.78 is 20.5. The predicted molar refractivity (Wildman–Crippen MR) is 73.9 cm³/mol. The fourth-order valence-corrected chi connectivity index (χ4v) is 1.71. The van der Waals surface area contributed by atoms with Crippen LogP contribution in [-0.2, 0) is 22.7 Å². The van der Waals surface area contributed by atoms with Gasteiger partial charge in [-0.15, -0.1) is 0 Å². The summed E-state index contributed by atoms with van der Waals surface area (Å²) in [4.78, 5) is 11.4. The van der Waals surface area contributed by atoms with Crippen molar-refractivity contribution in [2.45, 2.75) is 20.1 Å². The molecule has 0 aliphatic carbocycles. The summed E-state index contributed by atoms with van der Waals surface area (Å²) in [6.45, 7) is 2.67. The van der Waals surface area contributed by atoms with Crippen LogP contribution in [0.1, 0.15) is 28.7 Å². The molecule has 1 aromatic heterocycles. The van der Waals surface area contributed by atoms with Crippen LogP contribution in [0.5, 0.6) is 5.75 Å². The van der Waals surface area contributed by atoms with Crippen LogP contribution in [0.25, 0.3) is 0 Å². The first-order valence-electron chi connectivity index (χ1n) is 6.56. The van der Waals surface area contributed by atoms with Crippen LogP contribution < -0.4 is 4.74 Å². The molecule has 2 aromatic rings. The van der Waals surface area contributed by atoms with E-state index in [1.54, 1.807) is 14.0 Å². The van der Waals surface area contributed by atoms with Gasteiger partial charge in [-0.2, -0.15) is 0 Å². The average Bonchev–Trinajstić information content (AvgIpc) is 2.97. The van der Waals surface area contributed by atoms with Crippen LogP contribution in [0.3, 0.4) is 0 Å². The maximum absolute atomic E-state index is 11.4. The molecule has 1 heterocycles. The van der Waals surface area contributed by atoms with Gasteiger partial charge in [0, 0.05) is 6.07 Å². The van der Waals surface area contributed by atoms with Gasteiger partial charge in [0.15, 0.2) is 11.5 Å². The molecule has 0 N–H and O–H groups in total. The maximum atomic E-state index is 11.4. The van der Waals surface area contributed by atoms with Crippen LogP contribution in [0.15, 0.2) is 34.9 Å². The molecule has 0 radical (unpaired) electrons. The van der Waals surface area contributed by atoms with Crippen molar-refractivity contribution in [2.24, 2.45) is 0 Å². The summed E-state index contributed by atoms with van der Waals surface area (Å²) in [6.07, 6.45) is 0. The molecule has 0 atom stereocenters. The number of ether oxygens (including phenoxy) is 3. The fraction of sp³-hybridized carbons (Fsp3) is 0.333. The first-order chi connectivity index (χ1) is 10.2. The van der Waals surface area contributed by atoms with Gasteiger partial charge in [0.05, 0.1) is 20.3 Å². The van der Waals surface area contributed by atoms with Gasteiger partial charge < -0.3 is 18.7 Å². The average molecular weight is 291 g/mol. The lowest BCUT2D eigenvalue weighted by Gasteiger charge is -2.04. The molecule has 0 fully saturated rings. The first-order valence-corrected chi connectivity index (χ1v) is 6.56. The van der Waals surface area contributed by atoms with Gasteiger partial charge in [0.25, 0.3) is 0 Å². The molecule has 0 bridgehead atoms. The van der Waals surface area contributed by atoms with E-state index in [1.807, 2.05) is 24.3 Å². The Hall–Kier alpha value is -2.34. The number of hydrogen-bond acceptors (Lipinski definition) is 6. The molecule has 0 aliphatic rings. The number of carbonyl (C=O) groups is 1. The Morgan fingerprint density at radius 3 is 2.90 bits per heavy atom. The van der Waals surface area contributed by atoms with E-state index in [-0.39, 0.29) is 12.3 Å². The third-order valence-corrected chi connectivity index (χ3v) is 2.69. The highest BCUT2D eigenvalue weighted by Gasteiger charge is 2.13. The molecule has 2 rings (SSSR count). The van der Waals surface area contributed by atoms with Crippen LogP contribution in [0.4, 0.5) is 0 Å². The minimum atomic E-state index is -0.500. The SMILES string of the molecule is CCOC(=O)c1cc(COCc2cccc(OC)c2)on1. The van der Waals surface area contributed by atoms with E-state index in [0.29, 0.717) is 19.0 Å². The first kappa shape index (κ1) is 15.1. The van der Waals surface area contributed by atoms with E-state index in [1.165, 1.54) is 6.07 Å². The number of nitrogens with zero attached hydrogens (tertiary/aromatic N) is 1. The zero-order valence-electron chi connectivity index (χ0n) is 12.0. The van der Waals surface area contributed by atoms with Crippen molar-refractivity contribution in [1.82, 2.24) is 5.16 Å². The van der Waals surface area contributed by atoms with Crippen LogP contribution in [0.2, 0.25) is 0 Å². The summed E-state index contributed by atoms with van der Waals surface area (Å²) in [5, 5.41) is 3.64. The highest BCUT2D eigenvalue weighted by atomic mass is 16.5. The van der Waals surface area contributed by atoms with Crippen molar-refractivity contribution in [2.75, 3.05) is 13.7 Å². The Balaban J connectivity index is 1.84. The number of methoxy groups -OCH3 is 1. The van der Waals surface area contributed by atoms with E-state index >= 15 is 0 Å². The number of hydrogen-bond donors (Lipinski definition) is 0.